The summed E-state index contributed by atoms with van der Waals surface area (Å²) in [6.07, 6.45) is 2.99. The summed E-state index contributed by atoms with van der Waals surface area (Å²) in [5.74, 6) is -0.117. The number of benzene rings is 1. The molecule has 0 aliphatic heterocycles. The summed E-state index contributed by atoms with van der Waals surface area (Å²) < 4.78 is 27.8. The summed E-state index contributed by atoms with van der Waals surface area (Å²) in [7, 11) is -3.56. The fraction of sp³-hybridized carbons (Fsp3) is 0.154. The summed E-state index contributed by atoms with van der Waals surface area (Å²) >= 11 is 0. The Kier molecular flexibility index (Phi) is 4.13. The Bertz CT molecular complexity index is 642. The van der Waals surface area contributed by atoms with Crippen molar-refractivity contribution in [2.24, 2.45) is 0 Å². The predicted octanol–water partition coefficient (Wildman–Crippen LogP) is 1.36. The van der Waals surface area contributed by atoms with Gasteiger partial charge in [0, 0.05) is 18.0 Å². The van der Waals surface area contributed by atoms with Crippen LogP contribution < -0.4 is 5.73 Å². The standard InChI is InChI=1S/C13H14N3O2S/c14-8-11-4-1-2-5-12(11)10-19(17,18)16-13-6-3-7-15-9-13/h1-7,9H,8,10,14H2/q-1/p+1. The first-order valence-electron chi connectivity index (χ1n) is 5.82. The van der Waals surface area contributed by atoms with Crippen LogP contribution in [-0.4, -0.2) is 13.4 Å². The highest BCUT2D eigenvalue weighted by atomic mass is 32.2. The van der Waals surface area contributed by atoms with Crippen molar-refractivity contribution in [3.05, 3.63) is 64.6 Å². The average Bonchev–Trinajstić information content (AvgIpc) is 2.39. The molecule has 100 valence electrons. The first kappa shape index (κ1) is 13.5. The highest BCUT2D eigenvalue weighted by Crippen LogP contribution is 2.24. The number of quaternary nitrogens is 1. The van der Waals surface area contributed by atoms with Crippen LogP contribution in [0.1, 0.15) is 11.1 Å². The molecule has 0 unspecified atom stereocenters. The number of nitrogens with zero attached hydrogens (tertiary/aromatic N) is 2. The summed E-state index contributed by atoms with van der Waals surface area (Å²) in [6.45, 7) is 0.554. The molecule has 2 rings (SSSR count). The fourth-order valence-corrected chi connectivity index (χ4v) is 2.91. The lowest BCUT2D eigenvalue weighted by Crippen LogP contribution is -2.47. The maximum atomic E-state index is 12.0. The molecule has 0 saturated heterocycles. The topological polar surface area (TPSA) is 88.8 Å². The van der Waals surface area contributed by atoms with Gasteiger partial charge in [0.1, 0.15) is 0 Å². The molecule has 3 N–H and O–H groups in total. The summed E-state index contributed by atoms with van der Waals surface area (Å²) in [5.41, 5.74) is 5.80. The SMILES string of the molecule is [NH3+]Cc1ccccc1CS(=O)(=O)[N-]c1cccnc1. The fourth-order valence-electron chi connectivity index (χ4n) is 1.74. The number of pyridine rings is 1. The van der Waals surface area contributed by atoms with Crippen molar-refractivity contribution in [1.29, 1.82) is 0 Å². The van der Waals surface area contributed by atoms with Crippen LogP contribution in [0.3, 0.4) is 0 Å². The molecule has 6 heteroatoms. The van der Waals surface area contributed by atoms with Crippen molar-refractivity contribution in [1.82, 2.24) is 4.98 Å². The van der Waals surface area contributed by atoms with E-state index in [1.807, 2.05) is 18.2 Å². The second kappa shape index (κ2) is 5.81. The zero-order valence-electron chi connectivity index (χ0n) is 10.4. The molecule has 1 heterocycles. The number of aromatic nitrogens is 1. The Labute approximate surface area is 112 Å². The maximum absolute atomic E-state index is 12.0. The van der Waals surface area contributed by atoms with E-state index in [0.29, 0.717) is 12.2 Å². The molecule has 19 heavy (non-hydrogen) atoms. The summed E-state index contributed by atoms with van der Waals surface area (Å²) in [4.78, 5) is 3.84. The normalized spacial score (nSPS) is 11.2. The van der Waals surface area contributed by atoms with Gasteiger partial charge < -0.3 is 10.5 Å². The Morgan fingerprint density at radius 2 is 1.84 bits per heavy atom. The van der Waals surface area contributed by atoms with Crippen LogP contribution in [0, 0.1) is 0 Å². The smallest absolute Gasteiger partial charge is 0.1000 e. The van der Waals surface area contributed by atoms with E-state index in [-0.39, 0.29) is 5.75 Å². The predicted molar refractivity (Wildman–Crippen MR) is 72.9 cm³/mol. The molecular weight excluding hydrogens is 262 g/mol. The van der Waals surface area contributed by atoms with Crippen molar-refractivity contribution < 1.29 is 14.2 Å². The van der Waals surface area contributed by atoms with Crippen molar-refractivity contribution >= 4 is 15.7 Å². The minimum absolute atomic E-state index is 0.117. The lowest BCUT2D eigenvalue weighted by molar-refractivity contribution is -0.386. The van der Waals surface area contributed by atoms with E-state index in [2.05, 4.69) is 15.4 Å². The largest absolute Gasteiger partial charge is 0.575 e. The van der Waals surface area contributed by atoms with Gasteiger partial charge in [0.15, 0.2) is 0 Å². The number of sulfonamides is 1. The molecule has 1 aromatic heterocycles. The maximum Gasteiger partial charge on any atom is 0.1000 e. The van der Waals surface area contributed by atoms with E-state index in [1.165, 1.54) is 6.20 Å². The van der Waals surface area contributed by atoms with Gasteiger partial charge in [-0.15, -0.1) is 5.69 Å². The molecule has 0 spiro atoms. The van der Waals surface area contributed by atoms with Crippen LogP contribution in [0.2, 0.25) is 0 Å². The Hall–Kier alpha value is -1.92. The van der Waals surface area contributed by atoms with Crippen molar-refractivity contribution in [2.75, 3.05) is 0 Å². The number of hydrogen-bond acceptors (Lipinski definition) is 3. The van der Waals surface area contributed by atoms with Crippen LogP contribution in [-0.2, 0) is 22.3 Å². The molecule has 0 fully saturated rings. The molecule has 5 nitrogen and oxygen atoms in total. The minimum atomic E-state index is -3.56. The Morgan fingerprint density at radius 3 is 2.47 bits per heavy atom. The first-order chi connectivity index (χ1) is 9.11. The molecule has 0 radical (unpaired) electrons. The lowest BCUT2D eigenvalue weighted by Gasteiger charge is -2.21. The third kappa shape index (κ3) is 3.77. The van der Waals surface area contributed by atoms with Gasteiger partial charge in [0.25, 0.3) is 0 Å². The lowest BCUT2D eigenvalue weighted by atomic mass is 10.1. The van der Waals surface area contributed by atoms with Crippen molar-refractivity contribution in [3.8, 4) is 0 Å². The first-order valence-corrected chi connectivity index (χ1v) is 7.43. The van der Waals surface area contributed by atoms with E-state index in [9.17, 15) is 8.42 Å². The van der Waals surface area contributed by atoms with E-state index in [1.54, 1.807) is 24.4 Å². The third-order valence-corrected chi connectivity index (χ3v) is 3.78. The van der Waals surface area contributed by atoms with Crippen LogP contribution in [0.5, 0.6) is 0 Å². The average molecular weight is 277 g/mol. The van der Waals surface area contributed by atoms with Gasteiger partial charge in [-0.1, -0.05) is 30.3 Å². The monoisotopic (exact) mass is 277 g/mol. The zero-order valence-corrected chi connectivity index (χ0v) is 11.2. The third-order valence-electron chi connectivity index (χ3n) is 2.62. The molecule has 0 atom stereocenters. The van der Waals surface area contributed by atoms with Gasteiger partial charge >= 0.3 is 0 Å². The quantitative estimate of drug-likeness (QED) is 0.894. The number of rotatable bonds is 5. The van der Waals surface area contributed by atoms with Gasteiger partial charge in [-0.3, -0.25) is 4.98 Å². The highest BCUT2D eigenvalue weighted by Gasteiger charge is 2.07. The zero-order chi connectivity index (χ0) is 13.7. The van der Waals surface area contributed by atoms with Crippen LogP contribution in [0.15, 0.2) is 48.8 Å². The molecule has 0 bridgehead atoms. The minimum Gasteiger partial charge on any atom is -0.575 e. The van der Waals surface area contributed by atoms with Gasteiger partial charge in [-0.2, -0.15) is 0 Å². The van der Waals surface area contributed by atoms with E-state index >= 15 is 0 Å². The Morgan fingerprint density at radius 1 is 1.11 bits per heavy atom. The molecule has 1 aromatic carbocycles. The molecular formula is C13H15N3O2S. The van der Waals surface area contributed by atoms with E-state index in [0.717, 1.165) is 11.1 Å². The van der Waals surface area contributed by atoms with Gasteiger partial charge in [0.05, 0.1) is 22.3 Å². The Balaban J connectivity index is 2.18. The molecule has 2 aromatic rings. The van der Waals surface area contributed by atoms with Gasteiger partial charge in [-0.25, -0.2) is 8.42 Å². The number of hydrogen-bond donors (Lipinski definition) is 1. The highest BCUT2D eigenvalue weighted by molar-refractivity contribution is 7.93. The van der Waals surface area contributed by atoms with Crippen LogP contribution in [0.4, 0.5) is 5.69 Å². The van der Waals surface area contributed by atoms with Gasteiger partial charge in [0.2, 0.25) is 0 Å². The van der Waals surface area contributed by atoms with E-state index < -0.39 is 10.0 Å². The second-order valence-corrected chi connectivity index (χ2v) is 5.68. The molecule has 0 amide bonds. The molecule has 0 aliphatic carbocycles. The second-order valence-electron chi connectivity index (χ2n) is 4.05. The van der Waals surface area contributed by atoms with E-state index in [4.69, 9.17) is 0 Å². The molecule has 0 aliphatic rings. The van der Waals surface area contributed by atoms with Gasteiger partial charge in [-0.05, 0) is 11.6 Å². The van der Waals surface area contributed by atoms with Crippen molar-refractivity contribution in [3.63, 3.8) is 0 Å². The summed E-state index contributed by atoms with van der Waals surface area (Å²) in [5, 5.41) is 0. The van der Waals surface area contributed by atoms with Crippen LogP contribution in [0.25, 0.3) is 4.72 Å². The van der Waals surface area contributed by atoms with Crippen molar-refractivity contribution in [2.45, 2.75) is 12.3 Å². The molecule has 0 saturated carbocycles. The summed E-state index contributed by atoms with van der Waals surface area (Å²) in [6, 6.07) is 10.6. The van der Waals surface area contributed by atoms with Crippen LogP contribution >= 0.6 is 0 Å².